The third-order valence-corrected chi connectivity index (χ3v) is 5.48. The van der Waals surface area contributed by atoms with Crippen LogP contribution in [0.25, 0.3) is 22.4 Å². The minimum atomic E-state index is -0.367. The molecule has 0 radical (unpaired) electrons. The van der Waals surface area contributed by atoms with Crippen molar-refractivity contribution in [3.8, 4) is 0 Å². The molecule has 1 N–H and O–H groups in total. The Labute approximate surface area is 149 Å². The molecule has 0 spiro atoms. The average Bonchev–Trinajstić information content (AvgIpc) is 2.95. The molecule has 5 nitrogen and oxygen atoms in total. The normalized spacial score (nSPS) is 11.6. The molecule has 2 heterocycles. The molecule has 0 aliphatic carbocycles. The Kier molecular flexibility index (Phi) is 5.01. The van der Waals surface area contributed by atoms with Gasteiger partial charge in [0.25, 0.3) is 5.56 Å². The Hall–Kier alpha value is -2.44. The van der Waals surface area contributed by atoms with Gasteiger partial charge in [-0.2, -0.15) is 0 Å². The minimum absolute atomic E-state index is 0.150. The lowest BCUT2D eigenvalue weighted by atomic mass is 10.1. The van der Waals surface area contributed by atoms with Crippen LogP contribution in [-0.2, 0) is 13.1 Å². The smallest absolute Gasteiger partial charge is 0.332 e. The van der Waals surface area contributed by atoms with Crippen LogP contribution in [0.5, 0.6) is 0 Å². The average molecular weight is 356 g/mol. The van der Waals surface area contributed by atoms with Crippen LogP contribution in [0.4, 0.5) is 0 Å². The van der Waals surface area contributed by atoms with Crippen LogP contribution >= 0.6 is 11.3 Å². The van der Waals surface area contributed by atoms with E-state index in [0.29, 0.717) is 16.8 Å². The Morgan fingerprint density at radius 3 is 2.48 bits per heavy atom. The highest BCUT2D eigenvalue weighted by Crippen LogP contribution is 2.29. The molecule has 25 heavy (non-hydrogen) atoms. The Morgan fingerprint density at radius 2 is 1.84 bits per heavy atom. The molecular weight excluding hydrogens is 336 g/mol. The zero-order chi connectivity index (χ0) is 18.0. The van der Waals surface area contributed by atoms with Gasteiger partial charge < -0.3 is 5.11 Å². The number of aromatic nitrogens is 2. The maximum Gasteiger partial charge on any atom is 0.332 e. The van der Waals surface area contributed by atoms with Crippen LogP contribution in [0.1, 0.15) is 22.9 Å². The van der Waals surface area contributed by atoms with E-state index in [-0.39, 0.29) is 24.4 Å². The second-order valence-electron chi connectivity index (χ2n) is 5.72. The number of hydrogen-bond acceptors (Lipinski definition) is 4. The number of aryl methyl sites for hydroxylation is 1. The maximum absolute atomic E-state index is 12.7. The highest BCUT2D eigenvalue weighted by Gasteiger charge is 2.18. The number of aliphatic hydroxyl groups excluding tert-OH is 1. The third-order valence-electron chi connectivity index (χ3n) is 4.20. The fourth-order valence-electron chi connectivity index (χ4n) is 2.88. The van der Waals surface area contributed by atoms with Crippen molar-refractivity contribution >= 4 is 33.7 Å². The van der Waals surface area contributed by atoms with Gasteiger partial charge in [-0.05, 0) is 31.1 Å². The first-order chi connectivity index (χ1) is 12.1. The van der Waals surface area contributed by atoms with Gasteiger partial charge in [0, 0.05) is 11.4 Å². The summed E-state index contributed by atoms with van der Waals surface area (Å²) >= 11 is 1.41. The fraction of sp³-hybridized carbons (Fsp3) is 0.263. The van der Waals surface area contributed by atoms with Crippen LogP contribution in [0.3, 0.4) is 0 Å². The van der Waals surface area contributed by atoms with Gasteiger partial charge in [-0.3, -0.25) is 13.9 Å². The van der Waals surface area contributed by atoms with Gasteiger partial charge in [-0.15, -0.1) is 11.3 Å². The van der Waals surface area contributed by atoms with Crippen LogP contribution < -0.4 is 11.2 Å². The lowest BCUT2D eigenvalue weighted by Gasteiger charge is -2.09. The first-order valence-electron chi connectivity index (χ1n) is 8.19. The van der Waals surface area contributed by atoms with E-state index in [2.05, 4.69) is 0 Å². The lowest BCUT2D eigenvalue weighted by Crippen LogP contribution is -2.39. The van der Waals surface area contributed by atoms with Gasteiger partial charge in [0.15, 0.2) is 0 Å². The molecule has 0 bridgehead atoms. The summed E-state index contributed by atoms with van der Waals surface area (Å²) in [5.41, 5.74) is 1.31. The van der Waals surface area contributed by atoms with E-state index < -0.39 is 0 Å². The molecule has 0 fully saturated rings. The summed E-state index contributed by atoms with van der Waals surface area (Å²) in [6, 6.07) is 9.91. The first kappa shape index (κ1) is 17.4. The molecule has 0 aliphatic heterocycles. The largest absolute Gasteiger partial charge is 0.395 e. The quantitative estimate of drug-likeness (QED) is 0.764. The topological polar surface area (TPSA) is 64.2 Å². The van der Waals surface area contributed by atoms with Crippen molar-refractivity contribution in [3.05, 3.63) is 67.2 Å². The molecule has 0 aliphatic rings. The monoisotopic (exact) mass is 356 g/mol. The van der Waals surface area contributed by atoms with Crippen molar-refractivity contribution in [1.82, 2.24) is 9.13 Å². The SMILES string of the molecule is CCn1c(=O)c2c(C)c(/C=C\c3ccccc3)sc2n(CCO)c1=O. The Balaban J connectivity index is 2.23. The number of nitrogens with zero attached hydrogens (tertiary/aromatic N) is 2. The second kappa shape index (κ2) is 7.21. The number of rotatable bonds is 5. The van der Waals surface area contributed by atoms with Gasteiger partial charge in [0.1, 0.15) is 4.83 Å². The third kappa shape index (κ3) is 3.10. The van der Waals surface area contributed by atoms with Gasteiger partial charge in [-0.1, -0.05) is 36.4 Å². The highest BCUT2D eigenvalue weighted by atomic mass is 32.1. The number of thiophene rings is 1. The van der Waals surface area contributed by atoms with E-state index in [1.165, 1.54) is 20.5 Å². The second-order valence-corrected chi connectivity index (χ2v) is 6.75. The van der Waals surface area contributed by atoms with Crippen molar-refractivity contribution in [2.24, 2.45) is 0 Å². The maximum atomic E-state index is 12.7. The highest BCUT2D eigenvalue weighted by molar-refractivity contribution is 7.19. The van der Waals surface area contributed by atoms with E-state index in [0.717, 1.165) is 16.0 Å². The molecule has 0 saturated heterocycles. The molecule has 1 aromatic carbocycles. The van der Waals surface area contributed by atoms with Crippen LogP contribution in [0.15, 0.2) is 39.9 Å². The van der Waals surface area contributed by atoms with Gasteiger partial charge in [0.2, 0.25) is 0 Å². The number of fused-ring (bicyclic) bond motifs is 1. The summed E-state index contributed by atoms with van der Waals surface area (Å²) in [5.74, 6) is 0. The molecule has 3 aromatic rings. The molecule has 0 saturated carbocycles. The molecule has 6 heteroatoms. The molecule has 130 valence electrons. The van der Waals surface area contributed by atoms with Crippen LogP contribution in [-0.4, -0.2) is 20.8 Å². The summed E-state index contributed by atoms with van der Waals surface area (Å²) in [4.78, 5) is 26.8. The zero-order valence-corrected chi connectivity index (χ0v) is 15.0. The van der Waals surface area contributed by atoms with Gasteiger partial charge in [0.05, 0.1) is 18.5 Å². The summed E-state index contributed by atoms with van der Waals surface area (Å²) in [7, 11) is 0. The van der Waals surface area contributed by atoms with E-state index in [9.17, 15) is 14.7 Å². The van der Waals surface area contributed by atoms with Crippen LogP contribution in [0, 0.1) is 6.92 Å². The molecule has 2 aromatic heterocycles. The Morgan fingerprint density at radius 1 is 1.12 bits per heavy atom. The molecule has 0 atom stereocenters. The summed E-state index contributed by atoms with van der Waals surface area (Å²) in [6.45, 7) is 4.01. The van der Waals surface area contributed by atoms with Crippen molar-refractivity contribution < 1.29 is 5.11 Å². The first-order valence-corrected chi connectivity index (χ1v) is 9.00. The molecular formula is C19H20N2O3S. The van der Waals surface area contributed by atoms with Crippen molar-refractivity contribution in [2.75, 3.05) is 6.61 Å². The molecule has 0 amide bonds. The van der Waals surface area contributed by atoms with Crippen LogP contribution in [0.2, 0.25) is 0 Å². The number of aliphatic hydroxyl groups is 1. The summed E-state index contributed by atoms with van der Waals surface area (Å²) in [5, 5.41) is 9.87. The minimum Gasteiger partial charge on any atom is -0.395 e. The summed E-state index contributed by atoms with van der Waals surface area (Å²) in [6.07, 6.45) is 3.96. The van der Waals surface area contributed by atoms with E-state index in [4.69, 9.17) is 0 Å². The molecule has 3 rings (SSSR count). The molecule has 0 unspecified atom stereocenters. The van der Waals surface area contributed by atoms with E-state index >= 15 is 0 Å². The van der Waals surface area contributed by atoms with E-state index in [1.54, 1.807) is 6.92 Å². The Bertz CT molecular complexity index is 1040. The standard InChI is InChI=1S/C19H20N2O3S/c1-3-20-17(23)16-13(2)15(10-9-14-7-5-4-6-8-14)25-18(16)21(11-12-22)19(20)24/h4-10,22H,3,11-12H2,1-2H3/b10-9-. The van der Waals surface area contributed by atoms with Crippen molar-refractivity contribution in [3.63, 3.8) is 0 Å². The van der Waals surface area contributed by atoms with Gasteiger partial charge >= 0.3 is 5.69 Å². The van der Waals surface area contributed by atoms with Gasteiger partial charge in [-0.25, -0.2) is 4.79 Å². The summed E-state index contributed by atoms with van der Waals surface area (Å²) < 4.78 is 2.72. The number of hydrogen-bond donors (Lipinski definition) is 1. The van der Waals surface area contributed by atoms with Crippen molar-refractivity contribution in [2.45, 2.75) is 26.9 Å². The predicted octanol–water partition coefficient (Wildman–Crippen LogP) is 2.72. The predicted molar refractivity (Wildman–Crippen MR) is 103 cm³/mol. The lowest BCUT2D eigenvalue weighted by molar-refractivity contribution is 0.274. The fourth-order valence-corrected chi connectivity index (χ4v) is 4.10. The van der Waals surface area contributed by atoms with Crippen molar-refractivity contribution in [1.29, 1.82) is 0 Å². The van der Waals surface area contributed by atoms with E-state index in [1.807, 2.05) is 49.4 Å². The number of benzene rings is 1. The zero-order valence-electron chi connectivity index (χ0n) is 14.2.